The zero-order valence-electron chi connectivity index (χ0n) is 21.1. The Balaban J connectivity index is 1.28. The first-order chi connectivity index (χ1) is 18.3. The van der Waals surface area contributed by atoms with Crippen LogP contribution in [0.1, 0.15) is 48.7 Å². The minimum absolute atomic E-state index is 0.0849. The van der Waals surface area contributed by atoms with Crippen LogP contribution in [0.5, 0.6) is 11.6 Å². The number of nitrogens with zero attached hydrogens (tertiary/aromatic N) is 7. The number of ether oxygens (including phenoxy) is 1. The summed E-state index contributed by atoms with van der Waals surface area (Å²) in [7, 11) is 0. The van der Waals surface area contributed by atoms with Crippen LogP contribution in [0.2, 0.25) is 0 Å². The highest BCUT2D eigenvalue weighted by atomic mass is 16.5. The maximum Gasteiger partial charge on any atom is 0.219 e. The van der Waals surface area contributed by atoms with Gasteiger partial charge in [0.1, 0.15) is 5.75 Å². The molecule has 1 saturated carbocycles. The summed E-state index contributed by atoms with van der Waals surface area (Å²) in [5.41, 5.74) is 2.24. The number of aromatic nitrogens is 5. The topological polar surface area (TPSA) is 72.2 Å². The molecule has 3 heterocycles. The fraction of sp³-hybridized carbons (Fsp3) is 0.379. The number of hydrogen-bond donors (Lipinski definition) is 0. The summed E-state index contributed by atoms with van der Waals surface area (Å²) in [5.74, 6) is 2.19. The van der Waals surface area contributed by atoms with Crippen LogP contribution in [0.15, 0.2) is 79.0 Å². The summed E-state index contributed by atoms with van der Waals surface area (Å²) >= 11 is 0. The fourth-order valence-corrected chi connectivity index (χ4v) is 5.36. The van der Waals surface area contributed by atoms with Crippen molar-refractivity contribution in [2.75, 3.05) is 26.2 Å². The molecule has 37 heavy (non-hydrogen) atoms. The third-order valence-electron chi connectivity index (χ3n) is 7.54. The fourth-order valence-electron chi connectivity index (χ4n) is 5.36. The number of benzene rings is 2. The number of hydrogen-bond acceptors (Lipinski definition) is 7. The Morgan fingerprint density at radius 2 is 1.65 bits per heavy atom. The van der Waals surface area contributed by atoms with Gasteiger partial charge in [-0.3, -0.25) is 9.80 Å². The van der Waals surface area contributed by atoms with Gasteiger partial charge in [-0.2, -0.15) is 0 Å². The summed E-state index contributed by atoms with van der Waals surface area (Å²) in [6.07, 6.45) is 7.09. The van der Waals surface area contributed by atoms with Gasteiger partial charge >= 0.3 is 0 Å². The molecule has 0 N–H and O–H groups in total. The molecule has 8 nitrogen and oxygen atoms in total. The highest BCUT2D eigenvalue weighted by Gasteiger charge is 2.32. The van der Waals surface area contributed by atoms with Crippen LogP contribution in [0.4, 0.5) is 0 Å². The van der Waals surface area contributed by atoms with Crippen molar-refractivity contribution < 1.29 is 4.74 Å². The number of rotatable bonds is 8. The lowest BCUT2D eigenvalue weighted by Crippen LogP contribution is -2.42. The average molecular weight is 496 g/mol. The third kappa shape index (κ3) is 5.55. The first kappa shape index (κ1) is 23.8. The van der Waals surface area contributed by atoms with Crippen molar-refractivity contribution in [3.63, 3.8) is 0 Å². The van der Waals surface area contributed by atoms with Gasteiger partial charge in [-0.15, -0.1) is 5.10 Å². The molecule has 6 rings (SSSR count). The predicted octanol–water partition coefficient (Wildman–Crippen LogP) is 4.56. The lowest BCUT2D eigenvalue weighted by Gasteiger charge is -2.37. The molecule has 1 unspecified atom stereocenters. The Hall–Kier alpha value is -3.62. The van der Waals surface area contributed by atoms with Gasteiger partial charge in [-0.25, -0.2) is 9.67 Å². The molecule has 0 radical (unpaired) electrons. The van der Waals surface area contributed by atoms with Crippen molar-refractivity contribution in [2.45, 2.75) is 44.3 Å². The summed E-state index contributed by atoms with van der Waals surface area (Å²) in [6.45, 7) is 4.83. The van der Waals surface area contributed by atoms with Gasteiger partial charge in [0.2, 0.25) is 5.88 Å². The maximum absolute atomic E-state index is 5.95. The van der Waals surface area contributed by atoms with E-state index in [1.165, 1.54) is 24.8 Å². The Morgan fingerprint density at radius 1 is 0.838 bits per heavy atom. The van der Waals surface area contributed by atoms with E-state index in [4.69, 9.17) is 4.74 Å². The molecule has 1 atom stereocenters. The van der Waals surface area contributed by atoms with E-state index in [1.54, 1.807) is 0 Å². The maximum atomic E-state index is 5.95. The molecule has 2 fully saturated rings. The van der Waals surface area contributed by atoms with Gasteiger partial charge in [0, 0.05) is 37.9 Å². The molecular weight excluding hydrogens is 462 g/mol. The third-order valence-corrected chi connectivity index (χ3v) is 7.54. The molecule has 2 aliphatic rings. The zero-order valence-corrected chi connectivity index (χ0v) is 21.1. The lowest BCUT2D eigenvalue weighted by molar-refractivity contribution is 0.127. The molecule has 190 valence electrons. The largest absolute Gasteiger partial charge is 0.439 e. The first-order valence-electron chi connectivity index (χ1n) is 13.3. The highest BCUT2D eigenvalue weighted by Crippen LogP contribution is 2.31. The second-order valence-corrected chi connectivity index (χ2v) is 9.94. The molecule has 0 spiro atoms. The van der Waals surface area contributed by atoms with Gasteiger partial charge in [0.15, 0.2) is 5.82 Å². The van der Waals surface area contributed by atoms with Gasteiger partial charge < -0.3 is 4.74 Å². The van der Waals surface area contributed by atoms with Gasteiger partial charge in [0.25, 0.3) is 0 Å². The minimum atomic E-state index is -0.0849. The molecule has 8 heteroatoms. The Bertz CT molecular complexity index is 1260. The second kappa shape index (κ2) is 11.2. The summed E-state index contributed by atoms with van der Waals surface area (Å²) in [5, 5.41) is 13.0. The molecule has 1 saturated heterocycles. The number of para-hydroxylation sites is 1. The molecule has 2 aromatic carbocycles. The standard InChI is InChI=1S/C29H33N7O/c1-3-9-23(10-4-1)22-36-29(31-32-33-36)28(35-18-8-17-34(19-20-35)25-11-7-12-25)24-15-16-27(30-21-24)37-26-13-5-2-6-14-26/h1-6,9-10,13-16,21,25,28H,7-8,11-12,17-20,22H2. The van der Waals surface area contributed by atoms with Crippen molar-refractivity contribution in [3.8, 4) is 11.6 Å². The first-order valence-corrected chi connectivity index (χ1v) is 13.3. The Morgan fingerprint density at radius 3 is 2.38 bits per heavy atom. The smallest absolute Gasteiger partial charge is 0.219 e. The summed E-state index contributed by atoms with van der Waals surface area (Å²) < 4.78 is 7.89. The number of pyridine rings is 1. The van der Waals surface area contributed by atoms with E-state index in [-0.39, 0.29) is 6.04 Å². The molecule has 2 aromatic heterocycles. The van der Waals surface area contributed by atoms with E-state index in [9.17, 15) is 0 Å². The minimum Gasteiger partial charge on any atom is -0.439 e. The van der Waals surface area contributed by atoms with E-state index in [0.717, 1.165) is 55.8 Å². The van der Waals surface area contributed by atoms with Crippen LogP contribution in [0.25, 0.3) is 0 Å². The van der Waals surface area contributed by atoms with E-state index in [0.29, 0.717) is 12.4 Å². The SMILES string of the molecule is c1ccc(Cn2nnnc2C(c2ccc(Oc3ccccc3)nc2)N2CCCN(C3CCC3)CC2)cc1. The summed E-state index contributed by atoms with van der Waals surface area (Å²) in [4.78, 5) is 9.88. The van der Waals surface area contributed by atoms with Crippen molar-refractivity contribution >= 4 is 0 Å². The Labute approximate surface area is 217 Å². The predicted molar refractivity (Wildman–Crippen MR) is 141 cm³/mol. The van der Waals surface area contributed by atoms with Crippen LogP contribution in [0.3, 0.4) is 0 Å². The van der Waals surface area contributed by atoms with E-state index in [2.05, 4.69) is 60.6 Å². The van der Waals surface area contributed by atoms with Crippen molar-refractivity contribution in [1.29, 1.82) is 0 Å². The molecule has 0 amide bonds. The molecule has 0 bridgehead atoms. The normalized spacial score (nSPS) is 18.2. The average Bonchev–Trinajstić information content (AvgIpc) is 3.22. The number of tetrazole rings is 1. The second-order valence-electron chi connectivity index (χ2n) is 9.94. The quantitative estimate of drug-likeness (QED) is 0.355. The molecule has 1 aliphatic heterocycles. The van der Waals surface area contributed by atoms with E-state index in [1.807, 2.05) is 53.3 Å². The zero-order chi connectivity index (χ0) is 24.9. The van der Waals surface area contributed by atoms with Crippen LogP contribution in [-0.2, 0) is 6.54 Å². The van der Waals surface area contributed by atoms with Crippen LogP contribution in [-0.4, -0.2) is 67.2 Å². The van der Waals surface area contributed by atoms with Gasteiger partial charge in [-0.1, -0.05) is 61.0 Å². The monoisotopic (exact) mass is 495 g/mol. The van der Waals surface area contributed by atoms with Gasteiger partial charge in [0.05, 0.1) is 12.6 Å². The highest BCUT2D eigenvalue weighted by molar-refractivity contribution is 5.30. The van der Waals surface area contributed by atoms with Crippen LogP contribution >= 0.6 is 0 Å². The van der Waals surface area contributed by atoms with E-state index >= 15 is 0 Å². The molecule has 4 aromatic rings. The van der Waals surface area contributed by atoms with Crippen molar-refractivity contribution in [3.05, 3.63) is 95.9 Å². The van der Waals surface area contributed by atoms with Crippen molar-refractivity contribution in [1.82, 2.24) is 35.0 Å². The van der Waals surface area contributed by atoms with Crippen molar-refractivity contribution in [2.24, 2.45) is 0 Å². The van der Waals surface area contributed by atoms with Crippen LogP contribution in [0, 0.1) is 0 Å². The Kier molecular flexibility index (Phi) is 7.19. The van der Waals surface area contributed by atoms with Crippen LogP contribution < -0.4 is 4.74 Å². The lowest BCUT2D eigenvalue weighted by atomic mass is 9.91. The molecular formula is C29H33N7O. The van der Waals surface area contributed by atoms with E-state index < -0.39 is 0 Å². The molecule has 1 aliphatic carbocycles. The van der Waals surface area contributed by atoms with Gasteiger partial charge in [-0.05, 0) is 59.5 Å². The summed E-state index contributed by atoms with van der Waals surface area (Å²) in [6, 6.07) is 24.8.